The van der Waals surface area contributed by atoms with E-state index in [1.807, 2.05) is 11.8 Å². The Kier molecular flexibility index (Phi) is 4.54. The maximum absolute atomic E-state index is 2.63. The number of para-hydroxylation sites is 2. The van der Waals surface area contributed by atoms with Crippen molar-refractivity contribution in [3.63, 3.8) is 0 Å². The molecule has 0 radical (unpaired) electrons. The van der Waals surface area contributed by atoms with Gasteiger partial charge in [-0.3, -0.25) is 0 Å². The zero-order valence-corrected chi connectivity index (χ0v) is 21.8. The maximum Gasteiger partial charge on any atom is 0.0639 e. The van der Waals surface area contributed by atoms with E-state index in [0.29, 0.717) is 5.92 Å². The lowest BCUT2D eigenvalue weighted by Gasteiger charge is -2.27. The zero-order valence-electron chi connectivity index (χ0n) is 21.0. The van der Waals surface area contributed by atoms with Crippen LogP contribution in [0.1, 0.15) is 37.8 Å². The third-order valence-electron chi connectivity index (χ3n) is 8.49. The molecule has 37 heavy (non-hydrogen) atoms. The first-order valence-electron chi connectivity index (χ1n) is 13.3. The lowest BCUT2D eigenvalue weighted by Crippen LogP contribution is -2.11. The molecule has 0 saturated carbocycles. The second-order valence-corrected chi connectivity index (χ2v) is 11.5. The molecule has 0 spiro atoms. The first kappa shape index (κ1) is 21.3. The van der Waals surface area contributed by atoms with Gasteiger partial charge in [0, 0.05) is 32.1 Å². The fourth-order valence-electron chi connectivity index (χ4n) is 6.87. The van der Waals surface area contributed by atoms with Crippen LogP contribution < -0.4 is 0 Å². The molecule has 0 aliphatic carbocycles. The van der Waals surface area contributed by atoms with Crippen molar-refractivity contribution >= 4 is 55.1 Å². The molecule has 0 amide bonds. The monoisotopic (exact) mass is 493 g/mol. The van der Waals surface area contributed by atoms with E-state index in [0.717, 1.165) is 6.42 Å². The van der Waals surface area contributed by atoms with Gasteiger partial charge in [-0.2, -0.15) is 0 Å². The van der Waals surface area contributed by atoms with Gasteiger partial charge in [0.1, 0.15) is 0 Å². The number of thioether (sulfide) groups is 1. The minimum absolute atomic E-state index is 0.277. The summed E-state index contributed by atoms with van der Waals surface area (Å²) in [5.41, 5.74) is 6.94. The third kappa shape index (κ3) is 2.82. The number of hydrogen-bond donors (Lipinski definition) is 0. The largest absolute Gasteiger partial charge is 0.331 e. The molecule has 5 aromatic carbocycles. The quantitative estimate of drug-likeness (QED) is 0.206. The molecule has 2 atom stereocenters. The summed E-state index contributed by atoms with van der Waals surface area (Å²) in [5, 5.41) is 8.11. The Morgan fingerprint density at radius 1 is 0.703 bits per heavy atom. The summed E-state index contributed by atoms with van der Waals surface area (Å²) in [6.45, 7) is 4.69. The van der Waals surface area contributed by atoms with Gasteiger partial charge >= 0.3 is 0 Å². The predicted octanol–water partition coefficient (Wildman–Crippen LogP) is 10.4. The molecular weight excluding hydrogens is 466 g/mol. The van der Waals surface area contributed by atoms with E-state index in [1.165, 1.54) is 69.8 Å². The number of allylic oxidation sites excluding steroid dienone is 4. The van der Waals surface area contributed by atoms with E-state index in [9.17, 15) is 0 Å². The van der Waals surface area contributed by atoms with Crippen molar-refractivity contribution in [1.29, 1.82) is 0 Å². The van der Waals surface area contributed by atoms with Gasteiger partial charge in [-0.05, 0) is 52.1 Å². The Balaban J connectivity index is 1.69. The lowest BCUT2D eigenvalue weighted by molar-refractivity contribution is 0.691. The second-order valence-electron chi connectivity index (χ2n) is 10.4. The van der Waals surface area contributed by atoms with Gasteiger partial charge in [-0.25, -0.2) is 0 Å². The molecule has 2 aliphatic heterocycles. The van der Waals surface area contributed by atoms with Crippen molar-refractivity contribution < 1.29 is 0 Å². The van der Waals surface area contributed by atoms with E-state index < -0.39 is 0 Å². The molecule has 2 aliphatic rings. The van der Waals surface area contributed by atoms with Gasteiger partial charge in [-0.15, -0.1) is 0 Å². The van der Waals surface area contributed by atoms with E-state index in [2.05, 4.69) is 122 Å². The standard InChI is InChI=1S/C35H27NS/c1-3-22-11-8-19-30-21(2)36-34-27(28-17-10-20-31(37-30)35(28)36)16-9-18-29(34)33-26-15-7-5-13-24(26)23-12-4-6-14-25(23)32(22)33/h4-22H,3H2,1-2H3/b11-8-,30-19+. The second kappa shape index (κ2) is 7.87. The third-order valence-corrected chi connectivity index (χ3v) is 9.75. The van der Waals surface area contributed by atoms with Crippen LogP contribution in [-0.2, 0) is 0 Å². The fraction of sp³-hybridized carbons (Fsp3) is 0.143. The molecule has 0 fully saturated rings. The number of hydrogen-bond acceptors (Lipinski definition) is 1. The van der Waals surface area contributed by atoms with Crippen LogP contribution in [0.2, 0.25) is 0 Å². The van der Waals surface area contributed by atoms with Crippen molar-refractivity contribution in [2.24, 2.45) is 0 Å². The van der Waals surface area contributed by atoms with Crippen molar-refractivity contribution in [1.82, 2.24) is 4.57 Å². The highest BCUT2D eigenvalue weighted by Gasteiger charge is 2.29. The molecule has 2 unspecified atom stereocenters. The number of rotatable bonds is 1. The molecule has 1 nitrogen and oxygen atoms in total. The number of fused-ring (bicyclic) bond motifs is 9. The molecule has 8 rings (SSSR count). The van der Waals surface area contributed by atoms with Crippen LogP contribution in [-0.4, -0.2) is 4.57 Å². The average molecular weight is 494 g/mol. The van der Waals surface area contributed by atoms with Gasteiger partial charge in [0.25, 0.3) is 0 Å². The normalized spacial score (nSPS) is 20.9. The lowest BCUT2D eigenvalue weighted by atomic mass is 9.81. The smallest absolute Gasteiger partial charge is 0.0639 e. The average Bonchev–Trinajstić information content (AvgIpc) is 3.29. The molecule has 178 valence electrons. The summed E-state index contributed by atoms with van der Waals surface area (Å²) in [6, 6.07) is 32.1. The van der Waals surface area contributed by atoms with Crippen LogP contribution in [0.5, 0.6) is 0 Å². The van der Waals surface area contributed by atoms with Gasteiger partial charge in [-0.1, -0.05) is 116 Å². The Bertz CT molecular complexity index is 1970. The van der Waals surface area contributed by atoms with Crippen molar-refractivity contribution in [3.05, 3.63) is 114 Å². The minimum atomic E-state index is 0.277. The molecule has 0 saturated heterocycles. The molecular formula is C35H27NS. The Labute approximate surface area is 221 Å². The van der Waals surface area contributed by atoms with Crippen LogP contribution >= 0.6 is 11.8 Å². The number of aromatic nitrogens is 1. The first-order chi connectivity index (χ1) is 18.3. The van der Waals surface area contributed by atoms with Crippen LogP contribution in [0.15, 0.2) is 113 Å². The molecule has 3 heterocycles. The maximum atomic E-state index is 2.63. The van der Waals surface area contributed by atoms with Gasteiger partial charge in [0.15, 0.2) is 0 Å². The Morgan fingerprint density at radius 3 is 2.14 bits per heavy atom. The van der Waals surface area contributed by atoms with E-state index in [-0.39, 0.29) is 6.04 Å². The molecule has 0 N–H and O–H groups in total. The van der Waals surface area contributed by atoms with Gasteiger partial charge < -0.3 is 4.57 Å². The van der Waals surface area contributed by atoms with Crippen LogP contribution in [0.3, 0.4) is 0 Å². The first-order valence-corrected chi connectivity index (χ1v) is 14.1. The van der Waals surface area contributed by atoms with Crippen LogP contribution in [0.4, 0.5) is 0 Å². The summed E-state index contributed by atoms with van der Waals surface area (Å²) in [6.07, 6.45) is 8.18. The molecule has 2 bridgehead atoms. The van der Waals surface area contributed by atoms with E-state index in [4.69, 9.17) is 0 Å². The molecule has 6 aromatic rings. The Hall–Kier alpha value is -3.75. The number of benzene rings is 5. The summed E-state index contributed by atoms with van der Waals surface area (Å²) in [4.78, 5) is 2.76. The summed E-state index contributed by atoms with van der Waals surface area (Å²) >= 11 is 1.94. The van der Waals surface area contributed by atoms with E-state index in [1.54, 1.807) is 0 Å². The van der Waals surface area contributed by atoms with Crippen molar-refractivity contribution in [2.45, 2.75) is 37.1 Å². The van der Waals surface area contributed by atoms with Crippen molar-refractivity contribution in [2.75, 3.05) is 0 Å². The highest BCUT2D eigenvalue weighted by molar-refractivity contribution is 8.03. The van der Waals surface area contributed by atoms with Crippen LogP contribution in [0, 0.1) is 0 Å². The summed E-state index contributed by atoms with van der Waals surface area (Å²) < 4.78 is 2.63. The topological polar surface area (TPSA) is 4.93 Å². The summed E-state index contributed by atoms with van der Waals surface area (Å²) in [5.74, 6) is 0.321. The summed E-state index contributed by atoms with van der Waals surface area (Å²) in [7, 11) is 0. The van der Waals surface area contributed by atoms with Crippen LogP contribution in [0.25, 0.3) is 54.5 Å². The highest BCUT2D eigenvalue weighted by atomic mass is 32.2. The van der Waals surface area contributed by atoms with Gasteiger partial charge in [0.05, 0.1) is 17.1 Å². The minimum Gasteiger partial charge on any atom is -0.331 e. The fourth-order valence-corrected chi connectivity index (χ4v) is 8.00. The van der Waals surface area contributed by atoms with Crippen molar-refractivity contribution in [3.8, 4) is 11.1 Å². The molecule has 2 heteroatoms. The Morgan fingerprint density at radius 2 is 1.35 bits per heavy atom. The SMILES string of the molecule is CCC1/C=C\C=C2\Sc3cccc4c5cccc(c5n(c34)C2C)-c2c1c1ccccc1c1ccccc21. The number of nitrogens with zero attached hydrogens (tertiary/aromatic N) is 1. The van der Waals surface area contributed by atoms with E-state index >= 15 is 0 Å². The van der Waals surface area contributed by atoms with Gasteiger partial charge in [0.2, 0.25) is 0 Å². The highest BCUT2D eigenvalue weighted by Crippen LogP contribution is 2.52. The zero-order chi connectivity index (χ0) is 24.7. The predicted molar refractivity (Wildman–Crippen MR) is 161 cm³/mol. The molecule has 1 aromatic heterocycles.